The van der Waals surface area contributed by atoms with Gasteiger partial charge in [0.15, 0.2) is 24.4 Å². The van der Waals surface area contributed by atoms with Crippen LogP contribution in [0.3, 0.4) is 0 Å². The number of ether oxygens (including phenoxy) is 9. The van der Waals surface area contributed by atoms with Crippen molar-refractivity contribution in [3.05, 3.63) is 0 Å². The lowest BCUT2D eigenvalue weighted by atomic mass is 9.73. The molecule has 29 unspecified atom stereocenters. The molecular weight excluding hydrogens is 1210 g/mol. The van der Waals surface area contributed by atoms with Gasteiger partial charge in [0.1, 0.15) is 84.4 Å². The Kier molecular flexibility index (Phi) is 29.7. The Morgan fingerprint density at radius 3 is 1.51 bits per heavy atom. The summed E-state index contributed by atoms with van der Waals surface area (Å²) in [6, 6.07) is 0. The predicted molar refractivity (Wildman–Crippen MR) is 289 cm³/mol. The van der Waals surface area contributed by atoms with E-state index in [-0.39, 0.29) is 0 Å². The molecule has 0 aromatic rings. The lowest BCUT2D eigenvalue weighted by Crippen LogP contribution is -2.67. The number of aliphatic carboxylic acids is 3. The summed E-state index contributed by atoms with van der Waals surface area (Å²) in [6.07, 6.45) is -39.5. The van der Waals surface area contributed by atoms with Crippen LogP contribution in [-0.4, -0.2) is 363 Å². The average Bonchev–Trinajstić information content (AvgIpc) is 1.65. The van der Waals surface area contributed by atoms with Crippen molar-refractivity contribution in [2.75, 3.05) is 85.8 Å². The first-order valence-electron chi connectivity index (χ1n) is 28.9. The van der Waals surface area contributed by atoms with Gasteiger partial charge in [-0.05, 0) is 13.8 Å². The zero-order valence-electron chi connectivity index (χ0n) is 49.9. The quantitative estimate of drug-likeness (QED) is 0.0297. The normalized spacial score (nSPS) is 41.4. The summed E-state index contributed by atoms with van der Waals surface area (Å²) in [6.45, 7) is -0.671. The number of carboxylic acid groups (broad SMARTS) is 3. The van der Waals surface area contributed by atoms with Gasteiger partial charge in [0.05, 0.1) is 115 Å². The second kappa shape index (κ2) is 33.9. The van der Waals surface area contributed by atoms with Crippen molar-refractivity contribution in [1.29, 1.82) is 0 Å². The van der Waals surface area contributed by atoms with E-state index >= 15 is 0 Å². The molecule has 5 saturated heterocycles. The fraction of sp³-hybridized carbons (Fsp3) is 0.906. The van der Waals surface area contributed by atoms with Crippen LogP contribution in [0.4, 0.5) is 0 Å². The van der Waals surface area contributed by atoms with E-state index in [0.29, 0.717) is 0 Å². The van der Waals surface area contributed by atoms with Gasteiger partial charge in [-0.25, -0.2) is 14.4 Å². The molecule has 36 nitrogen and oxygen atoms in total. The van der Waals surface area contributed by atoms with E-state index in [2.05, 4.69) is 10.6 Å². The molecule has 89 heavy (non-hydrogen) atoms. The van der Waals surface area contributed by atoms with Gasteiger partial charge in [-0.2, -0.15) is 0 Å². The Labute approximate surface area is 510 Å². The van der Waals surface area contributed by atoms with Crippen molar-refractivity contribution in [1.82, 2.24) is 10.6 Å². The minimum atomic E-state index is -2.36. The van der Waals surface area contributed by atoms with E-state index in [9.17, 15) is 126 Å². The lowest BCUT2D eigenvalue weighted by Gasteiger charge is -2.50. The monoisotopic (exact) mass is 1300 g/mol. The number of aliphatic hydroxyl groups is 17. The molecule has 5 aliphatic rings. The summed E-state index contributed by atoms with van der Waals surface area (Å²) < 4.78 is 50.5. The van der Waals surface area contributed by atoms with Crippen molar-refractivity contribution in [2.24, 2.45) is 29.1 Å². The van der Waals surface area contributed by atoms with Gasteiger partial charge in [-0.15, -0.1) is 0 Å². The smallest absolute Gasteiger partial charge is 0.333 e. The molecule has 0 aromatic carbocycles. The molecule has 0 aromatic heterocycles. The van der Waals surface area contributed by atoms with Gasteiger partial charge in [-0.3, -0.25) is 9.59 Å². The van der Waals surface area contributed by atoms with E-state index in [0.717, 1.165) is 13.8 Å². The van der Waals surface area contributed by atoms with Gasteiger partial charge in [0.2, 0.25) is 5.91 Å². The zero-order chi connectivity index (χ0) is 67.4. The van der Waals surface area contributed by atoms with Gasteiger partial charge in [0, 0.05) is 36.8 Å². The Balaban J connectivity index is 0.00000837. The molecule has 5 aliphatic heterocycles. The fourth-order valence-electron chi connectivity index (χ4n) is 11.2. The lowest BCUT2D eigenvalue weighted by molar-refractivity contribution is -0.281. The topological polar surface area (TPSA) is 597 Å². The van der Waals surface area contributed by atoms with Crippen molar-refractivity contribution in [3.63, 3.8) is 0 Å². The number of carbonyl (C=O) groups is 5. The molecule has 5 rings (SSSR count). The third-order valence-corrected chi connectivity index (χ3v) is 17.0. The molecule has 22 N–H and O–H groups in total. The van der Waals surface area contributed by atoms with Crippen LogP contribution in [0.25, 0.3) is 0 Å². The zero-order valence-corrected chi connectivity index (χ0v) is 49.9. The van der Waals surface area contributed by atoms with Crippen LogP contribution in [0.2, 0.25) is 0 Å². The highest BCUT2D eigenvalue weighted by Gasteiger charge is 2.59. The number of hydrogen-bond acceptors (Lipinski definition) is 31. The standard InChI is InChI=1S/C51H86N2O34.C2H6/c1-18-27(58)32(63)25(84-37(18)46(73)74)13-80-11-21-30(61)42(70)51(4,87-39(21)48(77)78)17-82-16-49(2)40(68)34(65)26(14-81-10-20-29(60)41(69)50(3,15-56)86-38(20)47(75)76)85-43(49)45(72)53-6-5-52-44(71)36(67)28(59)19(22(57)7-54)9-79-12-24-33(64)35(66)31(62)23(8-55)83-24;1-2/h18-43,54-70H,5-17H2,1-4H3,(H,52,71)(H,53,72)(H,73,74)(H,75,76)(H,77,78);1-2H3. The minimum Gasteiger partial charge on any atom is -0.479 e. The van der Waals surface area contributed by atoms with Crippen LogP contribution in [-0.2, 0) is 66.6 Å². The highest BCUT2D eigenvalue weighted by atomic mass is 16.6. The number of carboxylic acids is 3. The van der Waals surface area contributed by atoms with Crippen molar-refractivity contribution in [3.8, 4) is 0 Å². The molecule has 2 amide bonds. The van der Waals surface area contributed by atoms with Gasteiger partial charge in [0.25, 0.3) is 5.91 Å². The van der Waals surface area contributed by atoms with E-state index in [1.54, 1.807) is 0 Å². The summed E-state index contributed by atoms with van der Waals surface area (Å²) in [4.78, 5) is 63.9. The molecule has 0 aliphatic carbocycles. The maximum Gasteiger partial charge on any atom is 0.333 e. The second-order valence-electron chi connectivity index (χ2n) is 23.4. The first kappa shape index (κ1) is 77.8. The van der Waals surface area contributed by atoms with Crippen LogP contribution in [0.15, 0.2) is 0 Å². The molecule has 29 atom stereocenters. The molecule has 5 fully saturated rings. The molecule has 36 heteroatoms. The number of rotatable bonds is 30. The second-order valence-corrected chi connectivity index (χ2v) is 23.4. The summed E-state index contributed by atoms with van der Waals surface area (Å²) >= 11 is 0. The molecular formula is C53H92N2O34. The Bertz CT molecular complexity index is 2240. The molecule has 0 spiro atoms. The molecule has 5 heterocycles. The summed E-state index contributed by atoms with van der Waals surface area (Å²) in [5, 5.41) is 215. The number of carbonyl (C=O) groups excluding carboxylic acids is 2. The fourth-order valence-corrected chi connectivity index (χ4v) is 11.2. The van der Waals surface area contributed by atoms with E-state index < -0.39 is 290 Å². The summed E-state index contributed by atoms with van der Waals surface area (Å²) in [5.74, 6) is -12.9. The van der Waals surface area contributed by atoms with Gasteiger partial charge in [-0.1, -0.05) is 27.7 Å². The molecule has 0 bridgehead atoms. The maximum atomic E-state index is 14.2. The van der Waals surface area contributed by atoms with Crippen LogP contribution < -0.4 is 10.6 Å². The number of amides is 2. The minimum absolute atomic E-state index is 0.532. The van der Waals surface area contributed by atoms with Crippen LogP contribution in [0.5, 0.6) is 0 Å². The Morgan fingerprint density at radius 2 is 0.989 bits per heavy atom. The van der Waals surface area contributed by atoms with Crippen molar-refractivity contribution >= 4 is 29.7 Å². The van der Waals surface area contributed by atoms with Crippen LogP contribution in [0, 0.1) is 29.1 Å². The SMILES string of the molecule is CC.CC1C(C(=O)O)OC(COCC2C(C(=O)O)OC(C)(COCC3(C)C(C(=O)NCCNC(=O)C(O)C(O)C(COCC4OC(CO)C(O)C(O)C4O)C(O)CO)OC(COCC4C(C(=O)O)OC(C)(CO)C(O)C4O)C(O)C3O)C(O)C2O)C(O)C1O. The highest BCUT2D eigenvalue weighted by molar-refractivity contribution is 5.83. The predicted octanol–water partition coefficient (Wildman–Crippen LogP) is -11.3. The van der Waals surface area contributed by atoms with E-state index in [1.807, 2.05) is 13.8 Å². The highest BCUT2D eigenvalue weighted by Crippen LogP contribution is 2.41. The Morgan fingerprint density at radius 1 is 0.517 bits per heavy atom. The summed E-state index contributed by atoms with van der Waals surface area (Å²) in [7, 11) is 0. The van der Waals surface area contributed by atoms with Crippen LogP contribution >= 0.6 is 0 Å². The maximum absolute atomic E-state index is 14.2. The number of aliphatic hydroxyl groups excluding tert-OH is 17. The molecule has 0 radical (unpaired) electrons. The molecule has 518 valence electrons. The van der Waals surface area contributed by atoms with Crippen molar-refractivity contribution < 1.29 is 169 Å². The third kappa shape index (κ3) is 18.0. The van der Waals surface area contributed by atoms with E-state index in [4.69, 9.17) is 42.6 Å². The van der Waals surface area contributed by atoms with E-state index in [1.165, 1.54) is 13.8 Å². The van der Waals surface area contributed by atoms with Gasteiger partial charge < -0.3 is 155 Å². The van der Waals surface area contributed by atoms with Crippen molar-refractivity contribution in [2.45, 2.75) is 187 Å². The molecule has 0 saturated carbocycles. The first-order valence-corrected chi connectivity index (χ1v) is 28.9. The number of nitrogens with one attached hydrogen (secondary N) is 2. The number of hydrogen-bond donors (Lipinski definition) is 22. The first-order chi connectivity index (χ1) is 41.7. The average molecular weight is 1300 g/mol. The Hall–Kier alpha value is -3.69. The summed E-state index contributed by atoms with van der Waals surface area (Å²) in [5.41, 5.74) is -6.12. The van der Waals surface area contributed by atoms with Gasteiger partial charge >= 0.3 is 17.9 Å². The third-order valence-electron chi connectivity index (χ3n) is 17.0. The largest absolute Gasteiger partial charge is 0.479 e. The van der Waals surface area contributed by atoms with Crippen LogP contribution in [0.1, 0.15) is 41.5 Å².